The van der Waals surface area contributed by atoms with Crippen LogP contribution in [0.1, 0.15) is 48.4 Å². The SMILES string of the molecule is CC(C)CN(CC(C)C)C(=O)c1cc(C(=O)O)cc([N+](=O)[O-])c1. The second-order valence-electron chi connectivity index (χ2n) is 6.33. The maximum absolute atomic E-state index is 12.7. The van der Waals surface area contributed by atoms with Crippen molar-refractivity contribution in [1.82, 2.24) is 4.90 Å². The molecule has 7 nitrogen and oxygen atoms in total. The number of benzene rings is 1. The number of nitrogens with zero attached hydrogens (tertiary/aromatic N) is 2. The highest BCUT2D eigenvalue weighted by Crippen LogP contribution is 2.20. The van der Waals surface area contributed by atoms with E-state index in [1.54, 1.807) is 4.90 Å². The Hall–Kier alpha value is -2.44. The fourth-order valence-corrected chi connectivity index (χ4v) is 2.27. The number of hydrogen-bond acceptors (Lipinski definition) is 4. The minimum Gasteiger partial charge on any atom is -0.478 e. The van der Waals surface area contributed by atoms with E-state index in [-0.39, 0.29) is 23.0 Å². The van der Waals surface area contributed by atoms with Crippen LogP contribution >= 0.6 is 0 Å². The van der Waals surface area contributed by atoms with Crippen molar-refractivity contribution in [3.63, 3.8) is 0 Å². The van der Waals surface area contributed by atoms with Gasteiger partial charge in [-0.3, -0.25) is 14.9 Å². The molecule has 0 fully saturated rings. The fourth-order valence-electron chi connectivity index (χ4n) is 2.27. The average Bonchev–Trinajstić information content (AvgIpc) is 2.44. The Morgan fingerprint density at radius 1 is 1.09 bits per heavy atom. The number of amides is 1. The van der Waals surface area contributed by atoms with E-state index in [0.717, 1.165) is 12.1 Å². The summed E-state index contributed by atoms with van der Waals surface area (Å²) in [6.45, 7) is 8.88. The summed E-state index contributed by atoms with van der Waals surface area (Å²) < 4.78 is 0. The van der Waals surface area contributed by atoms with Gasteiger partial charge in [0.25, 0.3) is 11.6 Å². The van der Waals surface area contributed by atoms with Crippen LogP contribution in [0.15, 0.2) is 18.2 Å². The number of nitro benzene ring substituents is 1. The van der Waals surface area contributed by atoms with Gasteiger partial charge in [0, 0.05) is 30.8 Å². The molecule has 0 aliphatic carbocycles. The number of non-ortho nitro benzene ring substituents is 1. The lowest BCUT2D eigenvalue weighted by molar-refractivity contribution is -0.384. The normalized spacial score (nSPS) is 10.9. The molecular weight excluding hydrogens is 300 g/mol. The summed E-state index contributed by atoms with van der Waals surface area (Å²) in [7, 11) is 0. The van der Waals surface area contributed by atoms with E-state index in [0.29, 0.717) is 13.1 Å². The highest BCUT2D eigenvalue weighted by Gasteiger charge is 2.22. The van der Waals surface area contributed by atoms with E-state index in [1.807, 2.05) is 27.7 Å². The van der Waals surface area contributed by atoms with Crippen LogP contribution in [0.5, 0.6) is 0 Å². The molecule has 0 saturated carbocycles. The molecule has 1 N–H and O–H groups in total. The van der Waals surface area contributed by atoms with Crippen LogP contribution in [0.4, 0.5) is 5.69 Å². The Labute approximate surface area is 135 Å². The Kier molecular flexibility index (Phi) is 6.24. The van der Waals surface area contributed by atoms with Crippen molar-refractivity contribution >= 4 is 17.6 Å². The summed E-state index contributed by atoms with van der Waals surface area (Å²) >= 11 is 0. The highest BCUT2D eigenvalue weighted by atomic mass is 16.6. The number of carboxylic acid groups (broad SMARTS) is 1. The van der Waals surface area contributed by atoms with Gasteiger partial charge in [0.2, 0.25) is 0 Å². The van der Waals surface area contributed by atoms with Crippen LogP contribution in [0.2, 0.25) is 0 Å². The summed E-state index contributed by atoms with van der Waals surface area (Å²) in [6.07, 6.45) is 0. The van der Waals surface area contributed by atoms with Crippen LogP contribution < -0.4 is 0 Å². The average molecular weight is 322 g/mol. The van der Waals surface area contributed by atoms with Gasteiger partial charge in [0.1, 0.15) is 0 Å². The van der Waals surface area contributed by atoms with Crippen molar-refractivity contribution in [3.05, 3.63) is 39.4 Å². The van der Waals surface area contributed by atoms with Crippen LogP contribution in [0.25, 0.3) is 0 Å². The fraction of sp³-hybridized carbons (Fsp3) is 0.500. The largest absolute Gasteiger partial charge is 0.478 e. The quantitative estimate of drug-likeness (QED) is 0.614. The lowest BCUT2D eigenvalue weighted by Crippen LogP contribution is -2.37. The Balaban J connectivity index is 3.26. The van der Waals surface area contributed by atoms with Crippen molar-refractivity contribution in [2.75, 3.05) is 13.1 Å². The predicted octanol–water partition coefficient (Wildman–Crippen LogP) is 3.05. The van der Waals surface area contributed by atoms with Gasteiger partial charge in [-0.05, 0) is 17.9 Å². The maximum Gasteiger partial charge on any atom is 0.335 e. The lowest BCUT2D eigenvalue weighted by atomic mass is 10.1. The third-order valence-electron chi connectivity index (χ3n) is 3.08. The van der Waals surface area contributed by atoms with Crippen LogP contribution in [-0.2, 0) is 0 Å². The number of rotatable bonds is 7. The monoisotopic (exact) mass is 322 g/mol. The van der Waals surface area contributed by atoms with Crippen molar-refractivity contribution < 1.29 is 19.6 Å². The molecule has 1 rings (SSSR count). The zero-order chi connectivity index (χ0) is 17.7. The topological polar surface area (TPSA) is 101 Å². The highest BCUT2D eigenvalue weighted by molar-refractivity contribution is 5.98. The van der Waals surface area contributed by atoms with E-state index < -0.39 is 22.5 Å². The first-order valence-corrected chi connectivity index (χ1v) is 7.43. The third-order valence-corrected chi connectivity index (χ3v) is 3.08. The minimum atomic E-state index is -1.30. The van der Waals surface area contributed by atoms with Gasteiger partial charge < -0.3 is 10.0 Å². The summed E-state index contributed by atoms with van der Waals surface area (Å²) in [4.78, 5) is 35.7. The number of carbonyl (C=O) groups excluding carboxylic acids is 1. The second kappa shape index (κ2) is 7.71. The van der Waals surface area contributed by atoms with Crippen molar-refractivity contribution in [2.24, 2.45) is 11.8 Å². The van der Waals surface area contributed by atoms with Gasteiger partial charge in [-0.25, -0.2) is 4.79 Å². The molecule has 0 heterocycles. The summed E-state index contributed by atoms with van der Waals surface area (Å²) in [6, 6.07) is 3.27. The molecule has 7 heteroatoms. The Bertz CT molecular complexity index is 568. The molecule has 126 valence electrons. The second-order valence-corrected chi connectivity index (χ2v) is 6.33. The standard InChI is InChI=1S/C16H22N2O5/c1-10(2)8-17(9-11(3)4)15(19)12-5-13(16(20)21)7-14(6-12)18(22)23/h5-7,10-11H,8-9H2,1-4H3,(H,20,21). The summed E-state index contributed by atoms with van der Waals surface area (Å²) in [5, 5.41) is 20.0. The van der Waals surface area contributed by atoms with Crippen molar-refractivity contribution in [3.8, 4) is 0 Å². The van der Waals surface area contributed by atoms with E-state index in [1.165, 1.54) is 6.07 Å². The van der Waals surface area contributed by atoms with Crippen molar-refractivity contribution in [1.29, 1.82) is 0 Å². The zero-order valence-electron chi connectivity index (χ0n) is 13.8. The molecule has 0 bridgehead atoms. The van der Waals surface area contributed by atoms with Gasteiger partial charge in [-0.2, -0.15) is 0 Å². The molecule has 0 aromatic heterocycles. The van der Waals surface area contributed by atoms with Gasteiger partial charge in [0.05, 0.1) is 10.5 Å². The van der Waals surface area contributed by atoms with E-state index >= 15 is 0 Å². The first-order valence-electron chi connectivity index (χ1n) is 7.43. The summed E-state index contributed by atoms with van der Waals surface area (Å²) in [5.74, 6) is -1.23. The molecule has 0 spiro atoms. The van der Waals surface area contributed by atoms with Crippen LogP contribution in [0.3, 0.4) is 0 Å². The van der Waals surface area contributed by atoms with Crippen molar-refractivity contribution in [2.45, 2.75) is 27.7 Å². The van der Waals surface area contributed by atoms with Gasteiger partial charge >= 0.3 is 5.97 Å². The Morgan fingerprint density at radius 3 is 1.96 bits per heavy atom. The molecule has 0 aliphatic rings. The Morgan fingerprint density at radius 2 is 1.57 bits per heavy atom. The minimum absolute atomic E-state index is 0.0258. The number of hydrogen-bond donors (Lipinski definition) is 1. The van der Waals surface area contributed by atoms with E-state index in [2.05, 4.69) is 0 Å². The van der Waals surface area contributed by atoms with Gasteiger partial charge in [-0.1, -0.05) is 27.7 Å². The van der Waals surface area contributed by atoms with E-state index in [9.17, 15) is 19.7 Å². The lowest BCUT2D eigenvalue weighted by Gasteiger charge is -2.26. The van der Waals surface area contributed by atoms with Crippen LogP contribution in [-0.4, -0.2) is 39.9 Å². The molecule has 0 atom stereocenters. The molecule has 23 heavy (non-hydrogen) atoms. The molecule has 1 aromatic carbocycles. The third kappa shape index (κ3) is 5.36. The van der Waals surface area contributed by atoms with Crippen LogP contribution in [0, 0.1) is 22.0 Å². The molecule has 0 aliphatic heterocycles. The molecule has 0 unspecified atom stereocenters. The number of aromatic carboxylic acids is 1. The molecule has 1 amide bonds. The first kappa shape index (κ1) is 18.6. The molecular formula is C16H22N2O5. The summed E-state index contributed by atoms with van der Waals surface area (Å²) in [5.41, 5.74) is -0.642. The number of nitro groups is 1. The molecule has 0 radical (unpaired) electrons. The molecule has 1 aromatic rings. The van der Waals surface area contributed by atoms with E-state index in [4.69, 9.17) is 5.11 Å². The smallest absolute Gasteiger partial charge is 0.335 e. The maximum atomic E-state index is 12.7. The number of carboxylic acids is 1. The molecule has 0 saturated heterocycles. The van der Waals surface area contributed by atoms with Gasteiger partial charge in [0.15, 0.2) is 0 Å². The van der Waals surface area contributed by atoms with Gasteiger partial charge in [-0.15, -0.1) is 0 Å². The zero-order valence-corrected chi connectivity index (χ0v) is 13.8. The first-order chi connectivity index (χ1) is 10.6. The number of carbonyl (C=O) groups is 2. The predicted molar refractivity (Wildman–Crippen MR) is 85.6 cm³/mol.